The van der Waals surface area contributed by atoms with Gasteiger partial charge >= 0.3 is 0 Å². The summed E-state index contributed by atoms with van der Waals surface area (Å²) in [5.41, 5.74) is 0.587. The second-order valence-electron chi connectivity index (χ2n) is 6.32. The van der Waals surface area contributed by atoms with Gasteiger partial charge in [0.2, 0.25) is 5.95 Å². The first kappa shape index (κ1) is 20.6. The number of amides is 1. The van der Waals surface area contributed by atoms with Gasteiger partial charge in [0.25, 0.3) is 5.91 Å². The largest absolute Gasteiger partial charge is 0.493 e. The third-order valence-corrected chi connectivity index (χ3v) is 5.53. The zero-order valence-corrected chi connectivity index (χ0v) is 18.2. The number of nitrogens with zero attached hydrogens (tertiary/aromatic N) is 4. The van der Waals surface area contributed by atoms with Crippen LogP contribution < -0.4 is 19.7 Å². The van der Waals surface area contributed by atoms with Crippen molar-refractivity contribution in [2.75, 3.05) is 58.4 Å². The highest BCUT2D eigenvalue weighted by Gasteiger charge is 2.19. The summed E-state index contributed by atoms with van der Waals surface area (Å²) < 4.78 is 11.4. The summed E-state index contributed by atoms with van der Waals surface area (Å²) in [4.78, 5) is 25.7. The van der Waals surface area contributed by atoms with Crippen LogP contribution >= 0.6 is 22.6 Å². The van der Waals surface area contributed by atoms with E-state index in [1.807, 2.05) is 6.07 Å². The average Bonchev–Trinajstić information content (AvgIpc) is 2.74. The first-order valence-electron chi connectivity index (χ1n) is 9.06. The standard InChI is InChI=1S/C19H24IN5O3/c1-27-16-12-14(15(20)13-17(16)28-2)18(26)21-6-7-24-8-10-25(11-9-24)19-22-4-3-5-23-19/h3-5,12-13H,6-11H2,1-2H3,(H,21,26). The average molecular weight is 497 g/mol. The van der Waals surface area contributed by atoms with E-state index in [1.165, 1.54) is 0 Å². The highest BCUT2D eigenvalue weighted by molar-refractivity contribution is 14.1. The number of carbonyl (C=O) groups is 1. The number of hydrogen-bond donors (Lipinski definition) is 1. The number of methoxy groups -OCH3 is 2. The number of anilines is 1. The van der Waals surface area contributed by atoms with Crippen molar-refractivity contribution in [3.8, 4) is 11.5 Å². The van der Waals surface area contributed by atoms with Crippen LogP contribution in [0.2, 0.25) is 0 Å². The Hall–Kier alpha value is -2.14. The highest BCUT2D eigenvalue weighted by Crippen LogP contribution is 2.31. The smallest absolute Gasteiger partial charge is 0.252 e. The van der Waals surface area contributed by atoms with E-state index in [0.717, 1.165) is 42.2 Å². The van der Waals surface area contributed by atoms with E-state index < -0.39 is 0 Å². The fourth-order valence-electron chi connectivity index (χ4n) is 3.08. The van der Waals surface area contributed by atoms with Crippen molar-refractivity contribution < 1.29 is 14.3 Å². The molecule has 2 heterocycles. The van der Waals surface area contributed by atoms with Crippen molar-refractivity contribution in [2.45, 2.75) is 0 Å². The van der Waals surface area contributed by atoms with Crippen molar-refractivity contribution in [1.29, 1.82) is 0 Å². The molecule has 0 spiro atoms. The summed E-state index contributed by atoms with van der Waals surface area (Å²) in [5, 5.41) is 3.00. The molecule has 9 heteroatoms. The van der Waals surface area contributed by atoms with Crippen molar-refractivity contribution in [3.05, 3.63) is 39.7 Å². The zero-order chi connectivity index (χ0) is 19.9. The Balaban J connectivity index is 1.47. The molecule has 0 saturated carbocycles. The molecule has 1 amide bonds. The van der Waals surface area contributed by atoms with Gasteiger partial charge in [-0.2, -0.15) is 0 Å². The van der Waals surface area contributed by atoms with Gasteiger partial charge in [0.1, 0.15) is 0 Å². The van der Waals surface area contributed by atoms with E-state index in [9.17, 15) is 4.79 Å². The molecule has 0 unspecified atom stereocenters. The van der Waals surface area contributed by atoms with Gasteiger partial charge in [-0.1, -0.05) is 0 Å². The number of halogens is 1. The van der Waals surface area contributed by atoms with Gasteiger partial charge in [-0.15, -0.1) is 0 Å². The molecule has 1 aliphatic rings. The Morgan fingerprint density at radius 3 is 2.39 bits per heavy atom. The number of nitrogens with one attached hydrogen (secondary N) is 1. The summed E-state index contributed by atoms with van der Waals surface area (Å²) in [7, 11) is 3.14. The monoisotopic (exact) mass is 497 g/mol. The maximum atomic E-state index is 12.6. The Morgan fingerprint density at radius 1 is 1.11 bits per heavy atom. The van der Waals surface area contributed by atoms with Crippen LogP contribution in [0.5, 0.6) is 11.5 Å². The minimum Gasteiger partial charge on any atom is -0.493 e. The van der Waals surface area contributed by atoms with Gasteiger partial charge < -0.3 is 19.7 Å². The lowest BCUT2D eigenvalue weighted by molar-refractivity contribution is 0.0946. The van der Waals surface area contributed by atoms with Gasteiger partial charge in [-0.25, -0.2) is 9.97 Å². The van der Waals surface area contributed by atoms with E-state index >= 15 is 0 Å². The van der Waals surface area contributed by atoms with Gasteiger partial charge in [0.05, 0.1) is 19.8 Å². The summed E-state index contributed by atoms with van der Waals surface area (Å²) >= 11 is 2.14. The molecule has 0 bridgehead atoms. The molecule has 1 N–H and O–H groups in total. The van der Waals surface area contributed by atoms with Crippen molar-refractivity contribution >= 4 is 34.4 Å². The predicted octanol–water partition coefficient (Wildman–Crippen LogP) is 1.65. The number of piperazine rings is 1. The predicted molar refractivity (Wildman–Crippen MR) is 115 cm³/mol. The molecule has 1 fully saturated rings. The number of hydrogen-bond acceptors (Lipinski definition) is 7. The first-order chi connectivity index (χ1) is 13.6. The number of benzene rings is 1. The maximum absolute atomic E-state index is 12.6. The molecule has 1 aliphatic heterocycles. The van der Waals surface area contributed by atoms with Gasteiger partial charge in [0, 0.05) is 55.2 Å². The number of carbonyl (C=O) groups excluding carboxylic acids is 1. The van der Waals surface area contributed by atoms with Crippen molar-refractivity contribution in [3.63, 3.8) is 0 Å². The Kier molecular flexibility index (Phi) is 7.26. The summed E-state index contributed by atoms with van der Waals surface area (Å²) in [6.07, 6.45) is 3.53. The lowest BCUT2D eigenvalue weighted by Crippen LogP contribution is -2.49. The highest BCUT2D eigenvalue weighted by atomic mass is 127. The minimum atomic E-state index is -0.110. The minimum absolute atomic E-state index is 0.110. The van der Waals surface area contributed by atoms with E-state index in [1.54, 1.807) is 38.7 Å². The van der Waals surface area contributed by atoms with E-state index in [2.05, 4.69) is 47.7 Å². The lowest BCUT2D eigenvalue weighted by atomic mass is 10.2. The van der Waals surface area contributed by atoms with Crippen LogP contribution in [0.25, 0.3) is 0 Å². The molecule has 150 valence electrons. The SMILES string of the molecule is COc1cc(I)c(C(=O)NCCN2CCN(c3ncccn3)CC2)cc1OC. The fraction of sp³-hybridized carbons (Fsp3) is 0.421. The van der Waals surface area contributed by atoms with Crippen LogP contribution in [0.4, 0.5) is 5.95 Å². The maximum Gasteiger partial charge on any atom is 0.252 e. The molecule has 0 radical (unpaired) electrons. The van der Waals surface area contributed by atoms with Gasteiger partial charge in [-0.3, -0.25) is 9.69 Å². The number of rotatable bonds is 7. The molecule has 0 aliphatic carbocycles. The Morgan fingerprint density at radius 2 is 1.75 bits per heavy atom. The topological polar surface area (TPSA) is 79.8 Å². The van der Waals surface area contributed by atoms with Gasteiger partial charge in [0.15, 0.2) is 11.5 Å². The molecule has 1 saturated heterocycles. The normalized spacial score (nSPS) is 14.6. The van der Waals surface area contributed by atoms with E-state index in [4.69, 9.17) is 9.47 Å². The third kappa shape index (κ3) is 5.02. The molecule has 3 rings (SSSR count). The van der Waals surface area contributed by atoms with Crippen LogP contribution in [0.3, 0.4) is 0 Å². The van der Waals surface area contributed by atoms with Crippen LogP contribution in [0.1, 0.15) is 10.4 Å². The fourth-order valence-corrected chi connectivity index (χ4v) is 3.76. The summed E-state index contributed by atoms with van der Waals surface area (Å²) in [6, 6.07) is 5.34. The molecular formula is C19H24IN5O3. The Bertz CT molecular complexity index is 798. The van der Waals surface area contributed by atoms with E-state index in [-0.39, 0.29) is 5.91 Å². The van der Waals surface area contributed by atoms with Crippen LogP contribution in [0, 0.1) is 3.57 Å². The van der Waals surface area contributed by atoms with Crippen LogP contribution in [-0.4, -0.2) is 74.3 Å². The molecule has 8 nitrogen and oxygen atoms in total. The molecular weight excluding hydrogens is 473 g/mol. The molecule has 1 aromatic heterocycles. The van der Waals surface area contributed by atoms with Crippen molar-refractivity contribution in [1.82, 2.24) is 20.2 Å². The third-order valence-electron chi connectivity index (χ3n) is 4.64. The van der Waals surface area contributed by atoms with Crippen LogP contribution in [-0.2, 0) is 0 Å². The lowest BCUT2D eigenvalue weighted by Gasteiger charge is -2.34. The summed E-state index contributed by atoms with van der Waals surface area (Å²) in [5.74, 6) is 1.83. The first-order valence-corrected chi connectivity index (χ1v) is 10.1. The van der Waals surface area contributed by atoms with Crippen LogP contribution in [0.15, 0.2) is 30.6 Å². The molecule has 2 aromatic rings. The Labute approximate surface area is 178 Å². The molecule has 28 heavy (non-hydrogen) atoms. The van der Waals surface area contributed by atoms with Gasteiger partial charge in [-0.05, 0) is 40.8 Å². The quantitative estimate of drug-likeness (QED) is 0.583. The molecule has 1 aromatic carbocycles. The summed E-state index contributed by atoms with van der Waals surface area (Å²) in [6.45, 7) is 4.99. The second-order valence-corrected chi connectivity index (χ2v) is 7.48. The van der Waals surface area contributed by atoms with Crippen molar-refractivity contribution in [2.24, 2.45) is 0 Å². The second kappa shape index (κ2) is 9.87. The number of aromatic nitrogens is 2. The van der Waals surface area contributed by atoms with E-state index in [0.29, 0.717) is 23.6 Å². The zero-order valence-electron chi connectivity index (χ0n) is 16.0. The number of ether oxygens (including phenoxy) is 2. The molecule has 0 atom stereocenters.